The molecule has 24 nitrogen and oxygen atoms in total. The second kappa shape index (κ2) is 54.1. The summed E-state index contributed by atoms with van der Waals surface area (Å²) in [4.78, 5) is 68.4. The van der Waals surface area contributed by atoms with Crippen LogP contribution in [0.3, 0.4) is 0 Å². The van der Waals surface area contributed by atoms with Crippen LogP contribution in [0.1, 0.15) is 111 Å². The number of methoxy groups -OCH3 is 6. The Morgan fingerprint density at radius 1 is 0.301 bits per heavy atom. The summed E-state index contributed by atoms with van der Waals surface area (Å²) < 4.78 is 78.3. The topological polar surface area (TPSA) is 285 Å². The molecule has 0 aliphatic heterocycles. The Bertz CT molecular complexity index is 5330. The van der Waals surface area contributed by atoms with E-state index in [1.807, 2.05) is 228 Å². The van der Waals surface area contributed by atoms with Gasteiger partial charge in [0.05, 0.1) is 76.8 Å². The molecule has 700 valence electrons. The van der Waals surface area contributed by atoms with Crippen LogP contribution in [-0.2, 0) is 68.1 Å². The minimum atomic E-state index is -0.612. The number of carbonyl (C=O) groups excluding carboxylic acids is 6. The van der Waals surface area contributed by atoms with Crippen molar-refractivity contribution in [2.24, 2.45) is 0 Å². The van der Waals surface area contributed by atoms with Crippen LogP contribution < -0.4 is 60.3 Å². The lowest BCUT2D eigenvalue weighted by Gasteiger charge is -2.14. The molecule has 0 heterocycles. The van der Waals surface area contributed by atoms with Gasteiger partial charge in [0.25, 0.3) is 0 Å². The quantitative estimate of drug-likeness (QED) is 0.0229. The van der Waals surface area contributed by atoms with Gasteiger partial charge in [-0.25, -0.2) is 33.2 Å². The molecule has 0 aliphatic carbocycles. The molecule has 0 bridgehead atoms. The number of carbonyl (C=O) groups is 6. The summed E-state index contributed by atoms with van der Waals surface area (Å²) >= 11 is 11.7. The van der Waals surface area contributed by atoms with Gasteiger partial charge in [0.2, 0.25) is 0 Å². The molecule has 12 aromatic rings. The molecule has 0 aromatic heterocycles. The van der Waals surface area contributed by atoms with E-state index in [1.54, 1.807) is 24.3 Å². The summed E-state index contributed by atoms with van der Waals surface area (Å²) in [7, 11) is 7.93. The Labute approximate surface area is 805 Å². The lowest BCUT2D eigenvalue weighted by atomic mass is 10.1. The fourth-order valence-electron chi connectivity index (χ4n) is 12.8. The predicted octanol–water partition coefficient (Wildman–Crippen LogP) is 27.5. The van der Waals surface area contributed by atoms with E-state index in [0.29, 0.717) is 77.7 Å². The van der Waals surface area contributed by atoms with E-state index < -0.39 is 42.4 Å². The van der Waals surface area contributed by atoms with Crippen molar-refractivity contribution in [3.8, 4) is 34.5 Å². The van der Waals surface area contributed by atoms with Gasteiger partial charge < -0.3 is 56.8 Å². The minimum absolute atomic E-state index is 0.140. The fourth-order valence-corrected chi connectivity index (χ4v) is 14.0. The normalized spacial score (nSPS) is 10.2. The maximum Gasteiger partial charge on any atom is 0.411 e. The smallest absolute Gasteiger partial charge is 0.411 e. The van der Waals surface area contributed by atoms with Crippen molar-refractivity contribution < 1.29 is 90.0 Å². The van der Waals surface area contributed by atoms with Crippen molar-refractivity contribution in [3.05, 3.63) is 355 Å². The predicted molar refractivity (Wildman–Crippen MR) is 537 cm³/mol. The van der Waals surface area contributed by atoms with Crippen LogP contribution in [0.5, 0.6) is 34.5 Å². The van der Waals surface area contributed by atoms with Crippen molar-refractivity contribution in [2.45, 2.75) is 130 Å². The number of nitrogens with one attached hydrogen (secondary N) is 6. The zero-order valence-corrected chi connectivity index (χ0v) is 82.7. The number of anilines is 6. The number of halogens is 4. The molecule has 28 heteroatoms. The fraction of sp³-hybridized carbons (Fsp3) is 0.238. The largest absolute Gasteiger partial charge is 0.489 e. The lowest BCUT2D eigenvalue weighted by Crippen LogP contribution is -2.13. The summed E-state index contributed by atoms with van der Waals surface area (Å²) in [6, 6.07) is 68.0. The Kier molecular flexibility index (Phi) is 43.3. The van der Waals surface area contributed by atoms with Crippen LogP contribution in [0.15, 0.2) is 229 Å². The molecule has 0 fully saturated rings. The summed E-state index contributed by atoms with van der Waals surface area (Å²) in [6.45, 7) is 31.9. The van der Waals surface area contributed by atoms with Gasteiger partial charge >= 0.3 is 36.6 Å². The third-order valence-corrected chi connectivity index (χ3v) is 21.1. The molecule has 0 saturated carbocycles. The molecule has 0 unspecified atom stereocenters. The van der Waals surface area contributed by atoms with E-state index in [2.05, 4.69) is 150 Å². The van der Waals surface area contributed by atoms with Gasteiger partial charge in [0, 0.05) is 46.4 Å². The molecule has 0 atom stereocenters. The van der Waals surface area contributed by atoms with Crippen LogP contribution in [0.2, 0.25) is 5.02 Å². The first-order valence-electron chi connectivity index (χ1n) is 41.8. The molecule has 12 rings (SSSR count). The van der Waals surface area contributed by atoms with Gasteiger partial charge in [0.1, 0.15) is 80.0 Å². The highest BCUT2D eigenvalue weighted by Crippen LogP contribution is 2.33. The van der Waals surface area contributed by atoms with Crippen molar-refractivity contribution in [1.29, 1.82) is 0 Å². The molecule has 0 aliphatic rings. The van der Waals surface area contributed by atoms with Crippen molar-refractivity contribution in [2.75, 3.05) is 74.6 Å². The van der Waals surface area contributed by atoms with E-state index in [9.17, 15) is 33.2 Å². The number of hydrogen-bond acceptors (Lipinski definition) is 18. The maximum absolute atomic E-state index is 13.4. The zero-order valence-electron chi connectivity index (χ0n) is 78.2. The van der Waals surface area contributed by atoms with Crippen molar-refractivity contribution >= 4 is 127 Å². The Morgan fingerprint density at radius 3 is 0.835 bits per heavy atom. The van der Waals surface area contributed by atoms with Crippen LogP contribution in [0.25, 0.3) is 6.08 Å². The number of amides is 6. The van der Waals surface area contributed by atoms with Crippen molar-refractivity contribution in [3.63, 3.8) is 0 Å². The van der Waals surface area contributed by atoms with E-state index in [4.69, 9.17) is 40.0 Å². The van der Waals surface area contributed by atoms with Gasteiger partial charge in [-0.1, -0.05) is 170 Å². The van der Waals surface area contributed by atoms with E-state index in [1.165, 1.54) is 88.7 Å². The molecule has 0 spiro atoms. The first-order chi connectivity index (χ1) is 63.5. The highest BCUT2D eigenvalue weighted by Gasteiger charge is 2.18. The van der Waals surface area contributed by atoms with Gasteiger partial charge in [0.15, 0.2) is 0 Å². The molecule has 0 saturated heterocycles. The molecule has 6 amide bonds. The number of hydrogen-bond donors (Lipinski definition) is 6. The number of aryl methyl sites for hydroxylation is 13. The molecular formula is C105H114BrClFIN6O18. The number of ether oxygens (including phenoxy) is 12. The highest BCUT2D eigenvalue weighted by atomic mass is 127. The van der Waals surface area contributed by atoms with Gasteiger partial charge in [-0.15, -0.1) is 0 Å². The molecule has 12 aromatic carbocycles. The summed E-state index contributed by atoms with van der Waals surface area (Å²) in [5.41, 5.74) is 24.2. The van der Waals surface area contributed by atoms with E-state index in [0.717, 1.165) is 120 Å². The van der Waals surface area contributed by atoms with Gasteiger partial charge in [-0.3, -0.25) is 31.9 Å². The molecule has 133 heavy (non-hydrogen) atoms. The molecular weight excluding hydrogens is 1890 g/mol. The van der Waals surface area contributed by atoms with Crippen molar-refractivity contribution in [1.82, 2.24) is 0 Å². The average molecular weight is 2010 g/mol. The van der Waals surface area contributed by atoms with Gasteiger partial charge in [-0.2, -0.15) is 0 Å². The standard InChI is InChI=1S/C19H21NO3.C18H21NO3.C17H18BrNO3.C17H18ClNO3.C17H18FNO3.C17H18INO3/c1-5-15-7-8-17(20-19(21)22-4)16(11-15)12-23-18-9-6-13(2)10-14(18)3;1-12-6-8-17(14(3)9-12)22-11-15-10-13(2)5-7-16(15)19-18(20)21-4;4*1-11-4-7-16(12(2)8-11)22-10-13-9-14(18)5-6-15(13)19-17(20)21-3/h5-11H,1,12H2,2-4H3,(H,20,21);5-10H,11H2,1-4H3,(H,19,20);4*4-9H,10H2,1-3H3,(H,19,20). The van der Waals surface area contributed by atoms with E-state index >= 15 is 0 Å². The van der Waals surface area contributed by atoms with Gasteiger partial charge in [-0.05, 0) is 279 Å². The average Bonchev–Trinajstić information content (AvgIpc) is 0.859. The Hall–Kier alpha value is -13.8. The Balaban J connectivity index is 0.000000218. The summed E-state index contributed by atoms with van der Waals surface area (Å²) in [5.74, 6) is 4.46. The van der Waals surface area contributed by atoms with Crippen LogP contribution in [0, 0.1) is 99.4 Å². The SMILES string of the molecule is C=Cc1ccc(NC(=O)OC)c(COc2ccc(C)cc2C)c1.COC(=O)Nc1ccc(Br)cc1COc1ccc(C)cc1C.COC(=O)Nc1ccc(C)cc1COc1ccc(C)cc1C.COC(=O)Nc1ccc(Cl)cc1COc1ccc(C)cc1C.COC(=O)Nc1ccc(F)cc1COc1ccc(C)cc1C.COC(=O)Nc1ccc(I)cc1COc1ccc(C)cc1C. The van der Waals surface area contributed by atoms with E-state index in [-0.39, 0.29) is 6.61 Å². The monoisotopic (exact) mass is 2010 g/mol. The minimum Gasteiger partial charge on any atom is -0.489 e. The second-order valence-electron chi connectivity index (χ2n) is 30.5. The zero-order chi connectivity index (χ0) is 97.4. The first-order valence-corrected chi connectivity index (χ1v) is 44.0. The lowest BCUT2D eigenvalue weighted by molar-refractivity contribution is 0.186. The summed E-state index contributed by atoms with van der Waals surface area (Å²) in [6.07, 6.45) is -1.39. The third-order valence-electron chi connectivity index (χ3n) is 19.7. The van der Waals surface area contributed by atoms with Crippen LogP contribution in [0.4, 0.5) is 67.3 Å². The Morgan fingerprint density at radius 2 is 0.534 bits per heavy atom. The maximum atomic E-state index is 13.4. The summed E-state index contributed by atoms with van der Waals surface area (Å²) in [5, 5.41) is 16.6. The highest BCUT2D eigenvalue weighted by molar-refractivity contribution is 14.1. The third kappa shape index (κ3) is 36.1. The van der Waals surface area contributed by atoms with Crippen LogP contribution >= 0.6 is 50.1 Å². The van der Waals surface area contributed by atoms with Crippen LogP contribution in [-0.4, -0.2) is 79.2 Å². The number of benzene rings is 12. The first kappa shape index (κ1) is 106. The molecule has 0 radical (unpaired) electrons. The molecule has 6 N–H and O–H groups in total. The second-order valence-corrected chi connectivity index (χ2v) is 33.1. The number of rotatable bonds is 25.